The second-order valence-electron chi connectivity index (χ2n) is 6.09. The monoisotopic (exact) mass is 340 g/mol. The van der Waals surface area contributed by atoms with E-state index < -0.39 is 6.10 Å². The molecule has 1 heterocycles. The lowest BCUT2D eigenvalue weighted by Crippen LogP contribution is -2.50. The third-order valence-corrected chi connectivity index (χ3v) is 4.18. The fourth-order valence-corrected chi connectivity index (χ4v) is 2.94. The number of amides is 1. The van der Waals surface area contributed by atoms with Crippen molar-refractivity contribution in [2.45, 2.75) is 52.2 Å². The zero-order chi connectivity index (χ0) is 15.9. The molecule has 5 heteroatoms. The fraction of sp³-hybridized carbons (Fsp3) is 0.611. The van der Waals surface area contributed by atoms with Crippen molar-refractivity contribution in [2.24, 2.45) is 0 Å². The number of benzene rings is 1. The summed E-state index contributed by atoms with van der Waals surface area (Å²) < 4.78 is 5.84. The van der Waals surface area contributed by atoms with Crippen LogP contribution in [0.15, 0.2) is 24.3 Å². The van der Waals surface area contributed by atoms with Gasteiger partial charge in [-0.1, -0.05) is 24.6 Å². The van der Waals surface area contributed by atoms with Gasteiger partial charge in [0.2, 0.25) is 0 Å². The normalized spacial score (nSPS) is 16.3. The van der Waals surface area contributed by atoms with Gasteiger partial charge < -0.3 is 15.0 Å². The molecule has 1 aromatic rings. The second kappa shape index (κ2) is 9.78. The van der Waals surface area contributed by atoms with E-state index >= 15 is 0 Å². The van der Waals surface area contributed by atoms with Crippen LogP contribution in [0.3, 0.4) is 0 Å². The van der Waals surface area contributed by atoms with Gasteiger partial charge in [-0.25, -0.2) is 0 Å². The van der Waals surface area contributed by atoms with Gasteiger partial charge in [-0.2, -0.15) is 0 Å². The molecule has 1 atom stereocenters. The Labute approximate surface area is 146 Å². The third kappa shape index (κ3) is 5.70. The Morgan fingerprint density at radius 2 is 1.91 bits per heavy atom. The van der Waals surface area contributed by atoms with Gasteiger partial charge in [0, 0.05) is 12.6 Å². The van der Waals surface area contributed by atoms with E-state index in [0.29, 0.717) is 6.04 Å². The van der Waals surface area contributed by atoms with Crippen LogP contribution in [0.2, 0.25) is 0 Å². The average molecular weight is 341 g/mol. The molecule has 0 radical (unpaired) electrons. The zero-order valence-corrected chi connectivity index (χ0v) is 15.2. The van der Waals surface area contributed by atoms with Crippen molar-refractivity contribution >= 4 is 18.3 Å². The van der Waals surface area contributed by atoms with Gasteiger partial charge in [0.05, 0.1) is 0 Å². The van der Waals surface area contributed by atoms with E-state index in [9.17, 15) is 4.79 Å². The standard InChI is InChI=1S/C18H28N2O2.ClH/c1-4-13-20(16-9-11-19-12-10-16)18(21)15(3)22-17-7-5-14(2)6-8-17;/h5-8,15-16,19H,4,9-13H2,1-3H3;1H. The molecule has 1 fully saturated rings. The van der Waals surface area contributed by atoms with Gasteiger partial charge in [-0.15, -0.1) is 12.4 Å². The predicted molar refractivity (Wildman–Crippen MR) is 96.4 cm³/mol. The largest absolute Gasteiger partial charge is 0.481 e. The summed E-state index contributed by atoms with van der Waals surface area (Å²) >= 11 is 0. The minimum atomic E-state index is -0.441. The number of rotatable bonds is 6. The molecule has 1 saturated heterocycles. The first-order valence-corrected chi connectivity index (χ1v) is 8.36. The zero-order valence-electron chi connectivity index (χ0n) is 14.4. The number of piperidine rings is 1. The molecule has 0 spiro atoms. The summed E-state index contributed by atoms with van der Waals surface area (Å²) in [5.41, 5.74) is 1.19. The van der Waals surface area contributed by atoms with E-state index in [-0.39, 0.29) is 18.3 Å². The molecule has 1 aliphatic rings. The summed E-state index contributed by atoms with van der Waals surface area (Å²) in [6, 6.07) is 8.20. The molecule has 0 aliphatic carbocycles. The van der Waals surface area contributed by atoms with E-state index in [1.807, 2.05) is 43.0 Å². The van der Waals surface area contributed by atoms with Gasteiger partial charge in [-0.3, -0.25) is 4.79 Å². The highest BCUT2D eigenvalue weighted by atomic mass is 35.5. The topological polar surface area (TPSA) is 41.6 Å². The Morgan fingerprint density at radius 1 is 1.30 bits per heavy atom. The van der Waals surface area contributed by atoms with Gasteiger partial charge in [0.1, 0.15) is 5.75 Å². The smallest absolute Gasteiger partial charge is 0.263 e. The van der Waals surface area contributed by atoms with Crippen LogP contribution in [0.4, 0.5) is 0 Å². The molecular formula is C18H29ClN2O2. The molecule has 130 valence electrons. The maximum atomic E-state index is 12.8. The van der Waals surface area contributed by atoms with Gasteiger partial charge >= 0.3 is 0 Å². The predicted octanol–water partition coefficient (Wildman–Crippen LogP) is 3.17. The van der Waals surface area contributed by atoms with Gasteiger partial charge in [0.25, 0.3) is 5.91 Å². The lowest BCUT2D eigenvalue weighted by atomic mass is 10.0. The van der Waals surface area contributed by atoms with Crippen LogP contribution in [0, 0.1) is 6.92 Å². The molecule has 1 aromatic carbocycles. The molecular weight excluding hydrogens is 312 g/mol. The lowest BCUT2D eigenvalue weighted by Gasteiger charge is -2.36. The summed E-state index contributed by atoms with van der Waals surface area (Å²) in [5.74, 6) is 0.863. The van der Waals surface area contributed by atoms with Crippen LogP contribution in [0.1, 0.15) is 38.7 Å². The van der Waals surface area contributed by atoms with Crippen molar-refractivity contribution in [3.05, 3.63) is 29.8 Å². The minimum absolute atomic E-state index is 0. The van der Waals surface area contributed by atoms with Crippen molar-refractivity contribution < 1.29 is 9.53 Å². The fourth-order valence-electron chi connectivity index (χ4n) is 2.94. The maximum Gasteiger partial charge on any atom is 0.263 e. The number of carbonyl (C=O) groups is 1. The molecule has 0 bridgehead atoms. The second-order valence-corrected chi connectivity index (χ2v) is 6.09. The Morgan fingerprint density at radius 3 is 2.48 bits per heavy atom. The third-order valence-electron chi connectivity index (χ3n) is 4.18. The number of nitrogens with zero attached hydrogens (tertiary/aromatic N) is 1. The molecule has 1 unspecified atom stereocenters. The molecule has 1 N–H and O–H groups in total. The first kappa shape index (κ1) is 19.8. The quantitative estimate of drug-likeness (QED) is 0.864. The first-order chi connectivity index (χ1) is 10.6. The molecule has 1 amide bonds. The number of ether oxygens (including phenoxy) is 1. The van der Waals surface area contributed by atoms with Crippen LogP contribution in [0.5, 0.6) is 5.75 Å². The van der Waals surface area contributed by atoms with Gasteiger partial charge in [0.15, 0.2) is 6.10 Å². The minimum Gasteiger partial charge on any atom is -0.481 e. The molecule has 0 aromatic heterocycles. The summed E-state index contributed by atoms with van der Waals surface area (Å²) in [7, 11) is 0. The maximum absolute atomic E-state index is 12.8. The number of hydrogen-bond acceptors (Lipinski definition) is 3. The highest BCUT2D eigenvalue weighted by molar-refractivity contribution is 5.85. The van der Waals surface area contributed by atoms with E-state index in [2.05, 4.69) is 12.2 Å². The molecule has 0 saturated carbocycles. The number of halogens is 1. The van der Waals surface area contributed by atoms with Crippen LogP contribution in [-0.4, -0.2) is 42.6 Å². The van der Waals surface area contributed by atoms with Crippen LogP contribution >= 0.6 is 12.4 Å². The Kier molecular flexibility index (Phi) is 8.42. The molecule has 1 aliphatic heterocycles. The molecule has 2 rings (SSSR count). The highest BCUT2D eigenvalue weighted by Crippen LogP contribution is 2.18. The Balaban J connectivity index is 0.00000264. The van der Waals surface area contributed by atoms with Crippen molar-refractivity contribution in [3.63, 3.8) is 0 Å². The van der Waals surface area contributed by atoms with Crippen molar-refractivity contribution in [1.82, 2.24) is 10.2 Å². The highest BCUT2D eigenvalue weighted by Gasteiger charge is 2.28. The first-order valence-electron chi connectivity index (χ1n) is 8.36. The summed E-state index contributed by atoms with van der Waals surface area (Å²) in [6.45, 7) is 8.80. The van der Waals surface area contributed by atoms with E-state index in [1.165, 1.54) is 5.56 Å². The van der Waals surface area contributed by atoms with Crippen LogP contribution in [-0.2, 0) is 4.79 Å². The van der Waals surface area contributed by atoms with Crippen molar-refractivity contribution in [1.29, 1.82) is 0 Å². The number of aryl methyl sites for hydroxylation is 1. The van der Waals surface area contributed by atoms with Crippen LogP contribution in [0.25, 0.3) is 0 Å². The lowest BCUT2D eigenvalue weighted by molar-refractivity contribution is -0.141. The average Bonchev–Trinajstić information content (AvgIpc) is 2.55. The van der Waals surface area contributed by atoms with Crippen LogP contribution < -0.4 is 10.1 Å². The van der Waals surface area contributed by atoms with E-state index in [0.717, 1.165) is 44.6 Å². The Hall–Kier alpha value is -1.26. The van der Waals surface area contributed by atoms with Crippen molar-refractivity contribution in [3.8, 4) is 5.75 Å². The van der Waals surface area contributed by atoms with E-state index in [4.69, 9.17) is 4.74 Å². The van der Waals surface area contributed by atoms with Crippen molar-refractivity contribution in [2.75, 3.05) is 19.6 Å². The number of nitrogens with one attached hydrogen (secondary N) is 1. The summed E-state index contributed by atoms with van der Waals surface area (Å²) in [6.07, 6.45) is 2.60. The number of hydrogen-bond donors (Lipinski definition) is 1. The summed E-state index contributed by atoms with van der Waals surface area (Å²) in [5, 5.41) is 3.36. The van der Waals surface area contributed by atoms with Gasteiger partial charge in [-0.05, 0) is 58.3 Å². The Bertz CT molecular complexity index is 472. The summed E-state index contributed by atoms with van der Waals surface area (Å²) in [4.78, 5) is 14.8. The molecule has 23 heavy (non-hydrogen) atoms. The SMILES string of the molecule is CCCN(C(=O)C(C)Oc1ccc(C)cc1)C1CCNCC1.Cl. The molecule has 4 nitrogen and oxygen atoms in total. The number of carbonyl (C=O) groups excluding carboxylic acids is 1. The van der Waals surface area contributed by atoms with E-state index in [1.54, 1.807) is 0 Å².